The SMILES string of the molecule is CNC(=O)c1ccc(CNCc2ncc(Cl)s2)cc1. The Labute approximate surface area is 120 Å². The average molecular weight is 296 g/mol. The molecule has 0 radical (unpaired) electrons. The van der Waals surface area contributed by atoms with Crippen molar-refractivity contribution in [3.8, 4) is 0 Å². The quantitative estimate of drug-likeness (QED) is 0.891. The molecule has 100 valence electrons. The number of halogens is 1. The maximum Gasteiger partial charge on any atom is 0.251 e. The average Bonchev–Trinajstić information content (AvgIpc) is 2.84. The second-order valence-electron chi connectivity index (χ2n) is 3.94. The molecule has 6 heteroatoms. The molecule has 2 rings (SSSR count). The number of thiazole rings is 1. The Bertz CT molecular complexity index is 553. The van der Waals surface area contributed by atoms with Crippen molar-refractivity contribution in [2.45, 2.75) is 13.1 Å². The van der Waals surface area contributed by atoms with Crippen molar-refractivity contribution in [1.29, 1.82) is 0 Å². The van der Waals surface area contributed by atoms with Crippen LogP contribution < -0.4 is 10.6 Å². The summed E-state index contributed by atoms with van der Waals surface area (Å²) in [6, 6.07) is 7.50. The molecule has 0 atom stereocenters. The van der Waals surface area contributed by atoms with Gasteiger partial charge >= 0.3 is 0 Å². The lowest BCUT2D eigenvalue weighted by atomic mass is 10.1. The largest absolute Gasteiger partial charge is 0.355 e. The van der Waals surface area contributed by atoms with E-state index in [0.29, 0.717) is 16.4 Å². The van der Waals surface area contributed by atoms with E-state index in [-0.39, 0.29) is 5.91 Å². The highest BCUT2D eigenvalue weighted by molar-refractivity contribution is 7.15. The third kappa shape index (κ3) is 4.02. The molecule has 0 saturated carbocycles. The normalized spacial score (nSPS) is 10.4. The fourth-order valence-corrected chi connectivity index (χ4v) is 2.53. The minimum absolute atomic E-state index is 0.0723. The lowest BCUT2D eigenvalue weighted by molar-refractivity contribution is 0.0963. The van der Waals surface area contributed by atoms with Crippen LogP contribution in [-0.4, -0.2) is 17.9 Å². The first-order valence-corrected chi connectivity index (χ1v) is 7.00. The summed E-state index contributed by atoms with van der Waals surface area (Å²) in [5.74, 6) is -0.0723. The summed E-state index contributed by atoms with van der Waals surface area (Å²) in [6.07, 6.45) is 1.65. The predicted octanol–water partition coefficient (Wildman–Crippen LogP) is 2.45. The molecule has 2 N–H and O–H groups in total. The van der Waals surface area contributed by atoms with Crippen LogP contribution in [0.2, 0.25) is 4.34 Å². The summed E-state index contributed by atoms with van der Waals surface area (Å²) in [6.45, 7) is 1.42. The van der Waals surface area contributed by atoms with E-state index in [4.69, 9.17) is 11.6 Å². The van der Waals surface area contributed by atoms with E-state index < -0.39 is 0 Å². The molecule has 4 nitrogen and oxygen atoms in total. The van der Waals surface area contributed by atoms with Crippen molar-refractivity contribution in [1.82, 2.24) is 15.6 Å². The van der Waals surface area contributed by atoms with Crippen LogP contribution in [0, 0.1) is 0 Å². The predicted molar refractivity (Wildman–Crippen MR) is 77.5 cm³/mol. The van der Waals surface area contributed by atoms with Crippen LogP contribution in [-0.2, 0) is 13.1 Å². The smallest absolute Gasteiger partial charge is 0.251 e. The zero-order valence-electron chi connectivity index (χ0n) is 10.4. The van der Waals surface area contributed by atoms with E-state index in [0.717, 1.165) is 17.1 Å². The molecule has 0 bridgehead atoms. The van der Waals surface area contributed by atoms with Gasteiger partial charge in [-0.2, -0.15) is 0 Å². The molecule has 0 aliphatic rings. The van der Waals surface area contributed by atoms with Crippen molar-refractivity contribution < 1.29 is 4.79 Å². The topological polar surface area (TPSA) is 54.0 Å². The van der Waals surface area contributed by atoms with Crippen LogP contribution in [0.1, 0.15) is 20.9 Å². The first-order valence-electron chi connectivity index (χ1n) is 5.81. The van der Waals surface area contributed by atoms with Gasteiger partial charge in [0.05, 0.1) is 6.20 Å². The third-order valence-electron chi connectivity index (χ3n) is 2.57. The Morgan fingerprint density at radius 3 is 2.63 bits per heavy atom. The van der Waals surface area contributed by atoms with Crippen LogP contribution in [0.4, 0.5) is 0 Å². The van der Waals surface area contributed by atoms with Crippen LogP contribution in [0.25, 0.3) is 0 Å². The minimum atomic E-state index is -0.0723. The standard InChI is InChI=1S/C13H14ClN3OS/c1-15-13(18)10-4-2-9(3-5-10)6-16-8-12-17-7-11(14)19-12/h2-5,7,16H,6,8H2,1H3,(H,15,18). The molecule has 0 spiro atoms. The molecule has 19 heavy (non-hydrogen) atoms. The van der Waals surface area contributed by atoms with Gasteiger partial charge in [0.2, 0.25) is 0 Å². The lowest BCUT2D eigenvalue weighted by Gasteiger charge is -2.04. The van der Waals surface area contributed by atoms with Gasteiger partial charge in [0.1, 0.15) is 9.34 Å². The molecule has 1 aromatic carbocycles. The Balaban J connectivity index is 1.84. The zero-order chi connectivity index (χ0) is 13.7. The fourth-order valence-electron chi connectivity index (χ4n) is 1.60. The monoisotopic (exact) mass is 295 g/mol. The Kier molecular flexibility index (Phi) is 4.90. The number of hydrogen-bond donors (Lipinski definition) is 2. The zero-order valence-corrected chi connectivity index (χ0v) is 12.0. The molecule has 1 amide bonds. The number of carbonyl (C=O) groups excluding carboxylic acids is 1. The molecule has 0 aliphatic carbocycles. The van der Waals surface area contributed by atoms with E-state index >= 15 is 0 Å². The Hall–Kier alpha value is -1.43. The molecule has 1 heterocycles. The van der Waals surface area contributed by atoms with Crippen molar-refractivity contribution in [2.24, 2.45) is 0 Å². The van der Waals surface area contributed by atoms with E-state index in [1.165, 1.54) is 11.3 Å². The van der Waals surface area contributed by atoms with Crippen molar-refractivity contribution in [2.75, 3.05) is 7.05 Å². The Morgan fingerprint density at radius 2 is 2.05 bits per heavy atom. The van der Waals surface area contributed by atoms with Crippen molar-refractivity contribution in [3.63, 3.8) is 0 Å². The first kappa shape index (κ1) is 14.0. The van der Waals surface area contributed by atoms with Gasteiger partial charge in [-0.3, -0.25) is 4.79 Å². The van der Waals surface area contributed by atoms with Crippen molar-refractivity contribution >= 4 is 28.8 Å². The summed E-state index contributed by atoms with van der Waals surface area (Å²) in [5.41, 5.74) is 1.79. The molecule has 0 aliphatic heterocycles. The molecule has 0 saturated heterocycles. The summed E-state index contributed by atoms with van der Waals surface area (Å²) < 4.78 is 0.701. The number of nitrogens with zero attached hydrogens (tertiary/aromatic N) is 1. The Morgan fingerprint density at radius 1 is 1.32 bits per heavy atom. The van der Waals surface area contributed by atoms with Crippen molar-refractivity contribution in [3.05, 3.63) is 50.9 Å². The van der Waals surface area contributed by atoms with Gasteiger partial charge in [0, 0.05) is 25.7 Å². The fraction of sp³-hybridized carbons (Fsp3) is 0.231. The van der Waals surface area contributed by atoms with Gasteiger partial charge in [0.15, 0.2) is 0 Å². The molecule has 2 aromatic rings. The van der Waals surface area contributed by atoms with Gasteiger partial charge < -0.3 is 10.6 Å². The number of amides is 1. The molecule has 0 fully saturated rings. The maximum absolute atomic E-state index is 11.4. The number of carbonyl (C=O) groups is 1. The number of benzene rings is 1. The van der Waals surface area contributed by atoms with Crippen LogP contribution in [0.3, 0.4) is 0 Å². The number of aromatic nitrogens is 1. The summed E-state index contributed by atoms with van der Waals surface area (Å²) in [7, 11) is 1.62. The van der Waals surface area contributed by atoms with Gasteiger partial charge in [-0.05, 0) is 17.7 Å². The summed E-state index contributed by atoms with van der Waals surface area (Å²) in [4.78, 5) is 15.5. The van der Waals surface area contributed by atoms with Crippen LogP contribution in [0.5, 0.6) is 0 Å². The van der Waals surface area contributed by atoms with Gasteiger partial charge in [-0.25, -0.2) is 4.98 Å². The lowest BCUT2D eigenvalue weighted by Crippen LogP contribution is -2.18. The van der Waals surface area contributed by atoms with E-state index in [9.17, 15) is 4.79 Å². The number of rotatable bonds is 5. The van der Waals surface area contributed by atoms with Crippen LogP contribution >= 0.6 is 22.9 Å². The van der Waals surface area contributed by atoms with Crippen LogP contribution in [0.15, 0.2) is 30.5 Å². The summed E-state index contributed by atoms with van der Waals surface area (Å²) >= 11 is 7.28. The highest BCUT2D eigenvalue weighted by Crippen LogP contribution is 2.17. The molecular weight excluding hydrogens is 282 g/mol. The maximum atomic E-state index is 11.4. The highest BCUT2D eigenvalue weighted by Gasteiger charge is 2.03. The molecule has 0 unspecified atom stereocenters. The third-order valence-corrected chi connectivity index (χ3v) is 3.69. The van der Waals surface area contributed by atoms with Gasteiger partial charge in [0.25, 0.3) is 5.91 Å². The summed E-state index contributed by atoms with van der Waals surface area (Å²) in [5, 5.41) is 6.84. The second kappa shape index (κ2) is 6.65. The first-order chi connectivity index (χ1) is 9.19. The second-order valence-corrected chi connectivity index (χ2v) is 5.68. The molecule has 1 aromatic heterocycles. The number of nitrogens with one attached hydrogen (secondary N) is 2. The molecular formula is C13H14ClN3OS. The van der Waals surface area contributed by atoms with Gasteiger partial charge in [-0.1, -0.05) is 23.7 Å². The number of hydrogen-bond acceptors (Lipinski definition) is 4. The highest BCUT2D eigenvalue weighted by atomic mass is 35.5. The van der Waals surface area contributed by atoms with Gasteiger partial charge in [-0.15, -0.1) is 11.3 Å². The van der Waals surface area contributed by atoms with E-state index in [1.807, 2.05) is 24.3 Å². The van der Waals surface area contributed by atoms with E-state index in [2.05, 4.69) is 15.6 Å². The van der Waals surface area contributed by atoms with E-state index in [1.54, 1.807) is 13.2 Å². The minimum Gasteiger partial charge on any atom is -0.355 e.